The van der Waals surface area contributed by atoms with E-state index in [9.17, 15) is 0 Å². The molecule has 14 heavy (non-hydrogen) atoms. The lowest BCUT2D eigenvalue weighted by molar-refractivity contribution is 0.0835. The molecule has 0 aliphatic rings. The van der Waals surface area contributed by atoms with Gasteiger partial charge in [0.05, 0.1) is 0 Å². The van der Waals surface area contributed by atoms with Crippen molar-refractivity contribution in [1.29, 1.82) is 0 Å². The van der Waals surface area contributed by atoms with Crippen LogP contribution < -0.4 is 0 Å². The number of hydrogen-bond donors (Lipinski definition) is 0. The Bertz CT molecular complexity index is 140. The summed E-state index contributed by atoms with van der Waals surface area (Å²) in [6, 6.07) is 0.786. The molecule has 0 aromatic heterocycles. The van der Waals surface area contributed by atoms with Gasteiger partial charge in [-0.05, 0) is 19.8 Å². The molecule has 5 heteroatoms. The quantitative estimate of drug-likeness (QED) is 0.482. The van der Waals surface area contributed by atoms with Crippen LogP contribution in [-0.2, 0) is 13.3 Å². The Morgan fingerprint density at radius 1 is 1.21 bits per heavy atom. The Hall–Kier alpha value is 0.387. The molecule has 0 aliphatic heterocycles. The van der Waals surface area contributed by atoms with Crippen LogP contribution in [0.15, 0.2) is 0 Å². The molecule has 0 radical (unpaired) electrons. The summed E-state index contributed by atoms with van der Waals surface area (Å²) >= 11 is 5.77. The van der Waals surface area contributed by atoms with Crippen molar-refractivity contribution >= 4 is 20.4 Å². The minimum absolute atomic E-state index is 0.362. The fourth-order valence-corrected chi connectivity index (χ4v) is 4.17. The molecule has 0 bridgehead atoms. The monoisotopic (exact) mass is 240 g/mol. The highest BCUT2D eigenvalue weighted by Gasteiger charge is 2.40. The summed E-state index contributed by atoms with van der Waals surface area (Å²) in [6.45, 7) is 7.21. The second-order valence-corrected chi connectivity index (χ2v) is 6.29. The minimum atomic E-state index is -2.44. The minimum Gasteiger partial charge on any atom is -0.377 e. The highest BCUT2D eigenvalue weighted by atomic mass is 35.5. The highest BCUT2D eigenvalue weighted by molar-refractivity contribution is 6.60. The number of alkyl halides is 1. The second kappa shape index (κ2) is 7.65. The molecule has 0 rings (SSSR count). The first kappa shape index (κ1) is 14.4. The van der Waals surface area contributed by atoms with E-state index in [4.69, 9.17) is 24.9 Å². The van der Waals surface area contributed by atoms with Gasteiger partial charge in [0.2, 0.25) is 0 Å². The van der Waals surface area contributed by atoms with E-state index >= 15 is 0 Å². The van der Waals surface area contributed by atoms with E-state index < -0.39 is 8.80 Å². The van der Waals surface area contributed by atoms with Gasteiger partial charge in [0, 0.05) is 32.2 Å². The standard InChI is InChI=1S/C9H21ClO3Si/c1-5-12-14(11-4,13-6-2)8-9(3)7-10/h9H,5-8H2,1-4H3. The maximum Gasteiger partial charge on any atom is 0.500 e. The van der Waals surface area contributed by atoms with Gasteiger partial charge in [0.15, 0.2) is 0 Å². The first-order chi connectivity index (χ1) is 6.64. The molecule has 0 aromatic carbocycles. The maximum absolute atomic E-state index is 5.77. The summed E-state index contributed by atoms with van der Waals surface area (Å²) in [5.41, 5.74) is 0. The van der Waals surface area contributed by atoms with E-state index in [0.29, 0.717) is 25.0 Å². The molecule has 0 saturated heterocycles. The van der Waals surface area contributed by atoms with Gasteiger partial charge in [-0.15, -0.1) is 11.6 Å². The van der Waals surface area contributed by atoms with Gasteiger partial charge in [-0.3, -0.25) is 0 Å². The summed E-state index contributed by atoms with van der Waals surface area (Å²) in [5.74, 6) is 0.972. The third-order valence-corrected chi connectivity index (χ3v) is 5.70. The third-order valence-electron chi connectivity index (χ3n) is 1.90. The van der Waals surface area contributed by atoms with Crippen LogP contribution >= 0.6 is 11.6 Å². The van der Waals surface area contributed by atoms with E-state index in [-0.39, 0.29) is 0 Å². The molecule has 1 unspecified atom stereocenters. The van der Waals surface area contributed by atoms with Gasteiger partial charge in [-0.1, -0.05) is 6.92 Å². The van der Waals surface area contributed by atoms with Crippen molar-refractivity contribution in [2.45, 2.75) is 26.8 Å². The number of rotatable bonds is 8. The van der Waals surface area contributed by atoms with Crippen molar-refractivity contribution in [3.05, 3.63) is 0 Å². The zero-order valence-electron chi connectivity index (χ0n) is 9.51. The second-order valence-electron chi connectivity index (χ2n) is 3.22. The summed E-state index contributed by atoms with van der Waals surface area (Å²) in [6.07, 6.45) is 0. The molecule has 3 nitrogen and oxygen atoms in total. The van der Waals surface area contributed by atoms with Crippen LogP contribution in [0.2, 0.25) is 6.04 Å². The van der Waals surface area contributed by atoms with Gasteiger partial charge in [-0.25, -0.2) is 0 Å². The molecule has 0 aromatic rings. The van der Waals surface area contributed by atoms with Gasteiger partial charge >= 0.3 is 8.80 Å². The topological polar surface area (TPSA) is 27.7 Å². The predicted octanol–water partition coefficient (Wildman–Crippen LogP) is 2.52. The lowest BCUT2D eigenvalue weighted by Crippen LogP contribution is -2.46. The van der Waals surface area contributed by atoms with Crippen LogP contribution in [0, 0.1) is 5.92 Å². The first-order valence-corrected chi connectivity index (χ1v) is 7.49. The molecular weight excluding hydrogens is 220 g/mol. The average molecular weight is 241 g/mol. The highest BCUT2D eigenvalue weighted by Crippen LogP contribution is 2.21. The van der Waals surface area contributed by atoms with Crippen molar-refractivity contribution < 1.29 is 13.3 Å². The first-order valence-electron chi connectivity index (χ1n) is 5.03. The molecule has 0 heterocycles. The van der Waals surface area contributed by atoms with Crippen LogP contribution in [0.25, 0.3) is 0 Å². The molecule has 0 amide bonds. The van der Waals surface area contributed by atoms with Crippen LogP contribution in [0.4, 0.5) is 0 Å². The summed E-state index contributed by atoms with van der Waals surface area (Å²) in [5, 5.41) is 0. The molecule has 0 saturated carbocycles. The van der Waals surface area contributed by atoms with Crippen molar-refractivity contribution in [2.75, 3.05) is 26.2 Å². The Morgan fingerprint density at radius 3 is 2.00 bits per heavy atom. The van der Waals surface area contributed by atoms with Gasteiger partial charge in [0.1, 0.15) is 0 Å². The maximum atomic E-state index is 5.77. The number of halogens is 1. The Kier molecular flexibility index (Phi) is 7.86. The lowest BCUT2D eigenvalue weighted by Gasteiger charge is -2.28. The van der Waals surface area contributed by atoms with Crippen LogP contribution in [0.5, 0.6) is 0 Å². The summed E-state index contributed by atoms with van der Waals surface area (Å²) < 4.78 is 16.7. The normalized spacial score (nSPS) is 14.4. The van der Waals surface area contributed by atoms with E-state index in [0.717, 1.165) is 6.04 Å². The molecule has 0 aliphatic carbocycles. The van der Waals surface area contributed by atoms with E-state index in [1.165, 1.54) is 0 Å². The third kappa shape index (κ3) is 4.75. The van der Waals surface area contributed by atoms with Crippen LogP contribution in [0.3, 0.4) is 0 Å². The molecule has 86 valence electrons. The molecule has 1 atom stereocenters. The lowest BCUT2D eigenvalue weighted by atomic mass is 10.3. The van der Waals surface area contributed by atoms with Gasteiger partial charge in [0.25, 0.3) is 0 Å². The van der Waals surface area contributed by atoms with Crippen LogP contribution in [-0.4, -0.2) is 35.0 Å². The largest absolute Gasteiger partial charge is 0.500 e. The summed E-state index contributed by atoms with van der Waals surface area (Å²) in [4.78, 5) is 0. The van der Waals surface area contributed by atoms with Crippen molar-refractivity contribution in [3.8, 4) is 0 Å². The zero-order valence-corrected chi connectivity index (χ0v) is 11.3. The average Bonchev–Trinajstić information content (AvgIpc) is 2.18. The molecule has 0 spiro atoms. The Balaban J connectivity index is 4.31. The fraction of sp³-hybridized carbons (Fsp3) is 1.00. The Morgan fingerprint density at radius 2 is 1.71 bits per heavy atom. The fourth-order valence-electron chi connectivity index (χ4n) is 1.28. The Labute approximate surface area is 93.1 Å². The number of hydrogen-bond acceptors (Lipinski definition) is 3. The van der Waals surface area contributed by atoms with Crippen molar-refractivity contribution in [3.63, 3.8) is 0 Å². The van der Waals surface area contributed by atoms with E-state index in [1.807, 2.05) is 13.8 Å². The zero-order chi connectivity index (χ0) is 11.0. The smallest absolute Gasteiger partial charge is 0.377 e. The van der Waals surface area contributed by atoms with Crippen LogP contribution in [0.1, 0.15) is 20.8 Å². The van der Waals surface area contributed by atoms with E-state index in [2.05, 4.69) is 6.92 Å². The SMILES string of the molecule is CCO[Si](CC(C)CCl)(OC)OCC. The molecule has 0 fully saturated rings. The van der Waals surface area contributed by atoms with Crippen molar-refractivity contribution in [2.24, 2.45) is 5.92 Å². The summed E-state index contributed by atoms with van der Waals surface area (Å²) in [7, 11) is -0.787. The molecular formula is C9H21ClO3Si. The van der Waals surface area contributed by atoms with E-state index in [1.54, 1.807) is 7.11 Å². The predicted molar refractivity (Wildman–Crippen MR) is 60.7 cm³/mol. The molecule has 0 N–H and O–H groups in total. The van der Waals surface area contributed by atoms with Crippen molar-refractivity contribution in [1.82, 2.24) is 0 Å². The van der Waals surface area contributed by atoms with Gasteiger partial charge < -0.3 is 13.3 Å². The van der Waals surface area contributed by atoms with Gasteiger partial charge in [-0.2, -0.15) is 0 Å².